The maximum absolute atomic E-state index is 12.0. The molecule has 3 N–H and O–H groups in total. The summed E-state index contributed by atoms with van der Waals surface area (Å²) in [6.07, 6.45) is 1.22. The van der Waals surface area contributed by atoms with Gasteiger partial charge >= 0.3 is 0 Å². The molecule has 110 valence electrons. The molecule has 0 saturated carbocycles. The highest BCUT2D eigenvalue weighted by Gasteiger charge is 2.09. The molecule has 0 aromatic heterocycles. The molecule has 0 aliphatic carbocycles. The van der Waals surface area contributed by atoms with Crippen LogP contribution in [0.1, 0.15) is 36.1 Å². The summed E-state index contributed by atoms with van der Waals surface area (Å²) >= 11 is 0. The molecule has 0 spiro atoms. The predicted octanol–water partition coefficient (Wildman–Crippen LogP) is 3.39. The van der Waals surface area contributed by atoms with E-state index in [9.17, 15) is 4.79 Å². The second-order valence-electron chi connectivity index (χ2n) is 5.44. The Balaban J connectivity index is 1.85. The van der Waals surface area contributed by atoms with Gasteiger partial charge in [-0.1, -0.05) is 42.0 Å². The highest BCUT2D eigenvalue weighted by molar-refractivity contribution is 5.76. The molecule has 1 atom stereocenters. The van der Waals surface area contributed by atoms with Crippen LogP contribution in [0.5, 0.6) is 0 Å². The normalized spacial score (nSPS) is 11.9. The Hall–Kier alpha value is -2.29. The average Bonchev–Trinajstić information content (AvgIpc) is 2.46. The van der Waals surface area contributed by atoms with Crippen LogP contribution in [0.15, 0.2) is 48.5 Å². The summed E-state index contributed by atoms with van der Waals surface area (Å²) < 4.78 is 0. The molecule has 2 rings (SSSR count). The second kappa shape index (κ2) is 6.93. The lowest BCUT2D eigenvalue weighted by atomic mass is 10.1. The fourth-order valence-corrected chi connectivity index (χ4v) is 2.28. The van der Waals surface area contributed by atoms with E-state index in [1.165, 1.54) is 5.56 Å². The molecule has 0 heterocycles. The Kier molecular flexibility index (Phi) is 4.99. The number of carbonyl (C=O) groups is 1. The van der Waals surface area contributed by atoms with Crippen LogP contribution in [0.2, 0.25) is 0 Å². The first-order chi connectivity index (χ1) is 10.0. The van der Waals surface area contributed by atoms with Crippen LogP contribution in [0.25, 0.3) is 0 Å². The minimum atomic E-state index is 0.0313. The highest BCUT2D eigenvalue weighted by Crippen LogP contribution is 2.14. The SMILES string of the molecule is Cc1cccc([C@H](C)NC(=O)CCc2ccc(N)cc2)c1. The first kappa shape index (κ1) is 15.1. The molecule has 0 aliphatic heterocycles. The lowest BCUT2D eigenvalue weighted by molar-refractivity contribution is -0.121. The van der Waals surface area contributed by atoms with Crippen molar-refractivity contribution >= 4 is 11.6 Å². The third kappa shape index (κ3) is 4.63. The minimum absolute atomic E-state index is 0.0313. The lowest BCUT2D eigenvalue weighted by Gasteiger charge is -2.15. The van der Waals surface area contributed by atoms with E-state index >= 15 is 0 Å². The summed E-state index contributed by atoms with van der Waals surface area (Å²) in [5.74, 6) is 0.0702. The van der Waals surface area contributed by atoms with E-state index in [1.54, 1.807) is 0 Å². The van der Waals surface area contributed by atoms with Crippen molar-refractivity contribution < 1.29 is 4.79 Å². The summed E-state index contributed by atoms with van der Waals surface area (Å²) in [7, 11) is 0. The van der Waals surface area contributed by atoms with Crippen molar-refractivity contribution in [1.29, 1.82) is 0 Å². The van der Waals surface area contributed by atoms with Crippen LogP contribution in [0, 0.1) is 6.92 Å². The average molecular weight is 282 g/mol. The van der Waals surface area contributed by atoms with Gasteiger partial charge in [0, 0.05) is 12.1 Å². The van der Waals surface area contributed by atoms with Crippen molar-refractivity contribution in [2.45, 2.75) is 32.7 Å². The number of nitrogens with two attached hydrogens (primary N) is 1. The molecular formula is C18H22N2O. The van der Waals surface area contributed by atoms with Crippen molar-refractivity contribution in [2.75, 3.05) is 5.73 Å². The summed E-state index contributed by atoms with van der Waals surface area (Å²) in [6, 6.07) is 15.9. The first-order valence-corrected chi connectivity index (χ1v) is 7.25. The molecular weight excluding hydrogens is 260 g/mol. The number of nitrogens with one attached hydrogen (secondary N) is 1. The van der Waals surface area contributed by atoms with Crippen LogP contribution in [-0.2, 0) is 11.2 Å². The Bertz CT molecular complexity index is 605. The molecule has 0 saturated heterocycles. The van der Waals surface area contributed by atoms with E-state index < -0.39 is 0 Å². The maximum atomic E-state index is 12.0. The molecule has 21 heavy (non-hydrogen) atoms. The van der Waals surface area contributed by atoms with Crippen molar-refractivity contribution in [3.63, 3.8) is 0 Å². The Morgan fingerprint density at radius 3 is 2.57 bits per heavy atom. The predicted molar refractivity (Wildman–Crippen MR) is 86.9 cm³/mol. The van der Waals surface area contributed by atoms with Crippen LogP contribution >= 0.6 is 0 Å². The van der Waals surface area contributed by atoms with Gasteiger partial charge in [0.05, 0.1) is 6.04 Å². The van der Waals surface area contributed by atoms with Gasteiger partial charge in [0.2, 0.25) is 5.91 Å². The molecule has 0 fully saturated rings. The number of aryl methyl sites for hydroxylation is 2. The standard InChI is InChI=1S/C18H22N2O/c1-13-4-3-5-16(12-13)14(2)20-18(21)11-8-15-6-9-17(19)10-7-15/h3-7,9-10,12,14H,8,11,19H2,1-2H3,(H,20,21)/t14-/m0/s1. The van der Waals surface area contributed by atoms with Crippen LogP contribution in [-0.4, -0.2) is 5.91 Å². The van der Waals surface area contributed by atoms with Crippen molar-refractivity contribution in [2.24, 2.45) is 0 Å². The Morgan fingerprint density at radius 2 is 1.90 bits per heavy atom. The largest absolute Gasteiger partial charge is 0.399 e. The summed E-state index contributed by atoms with van der Waals surface area (Å²) in [5, 5.41) is 3.04. The molecule has 1 amide bonds. The van der Waals surface area contributed by atoms with Crippen molar-refractivity contribution in [3.8, 4) is 0 Å². The number of anilines is 1. The highest BCUT2D eigenvalue weighted by atomic mass is 16.1. The summed E-state index contributed by atoms with van der Waals surface area (Å²) in [5.41, 5.74) is 9.86. The Labute approximate surface area is 126 Å². The van der Waals surface area contributed by atoms with E-state index in [2.05, 4.69) is 24.4 Å². The van der Waals surface area contributed by atoms with Gasteiger partial charge in [-0.25, -0.2) is 0 Å². The van der Waals surface area contributed by atoms with Gasteiger partial charge in [-0.2, -0.15) is 0 Å². The van der Waals surface area contributed by atoms with E-state index in [0.29, 0.717) is 6.42 Å². The van der Waals surface area contributed by atoms with Crippen LogP contribution in [0.4, 0.5) is 5.69 Å². The van der Waals surface area contributed by atoms with Gasteiger partial charge in [-0.15, -0.1) is 0 Å². The number of benzene rings is 2. The van der Waals surface area contributed by atoms with E-state index in [-0.39, 0.29) is 11.9 Å². The second-order valence-corrected chi connectivity index (χ2v) is 5.44. The molecule has 2 aromatic rings. The molecule has 3 heteroatoms. The number of hydrogen-bond donors (Lipinski definition) is 2. The number of hydrogen-bond acceptors (Lipinski definition) is 2. The number of rotatable bonds is 5. The van der Waals surface area contributed by atoms with Gasteiger partial charge < -0.3 is 11.1 Å². The van der Waals surface area contributed by atoms with Gasteiger partial charge in [0.1, 0.15) is 0 Å². The topological polar surface area (TPSA) is 55.1 Å². The zero-order chi connectivity index (χ0) is 15.2. The van der Waals surface area contributed by atoms with Crippen molar-refractivity contribution in [3.05, 3.63) is 65.2 Å². The van der Waals surface area contributed by atoms with Gasteiger partial charge in [-0.3, -0.25) is 4.79 Å². The van der Waals surface area contributed by atoms with Gasteiger partial charge in [-0.05, 0) is 43.5 Å². The smallest absolute Gasteiger partial charge is 0.220 e. The number of amides is 1. The lowest BCUT2D eigenvalue weighted by Crippen LogP contribution is -2.26. The molecule has 0 unspecified atom stereocenters. The maximum Gasteiger partial charge on any atom is 0.220 e. The Morgan fingerprint density at radius 1 is 1.19 bits per heavy atom. The third-order valence-corrected chi connectivity index (χ3v) is 3.54. The third-order valence-electron chi connectivity index (χ3n) is 3.54. The monoisotopic (exact) mass is 282 g/mol. The van der Waals surface area contributed by atoms with Crippen LogP contribution in [0.3, 0.4) is 0 Å². The molecule has 2 aromatic carbocycles. The fraction of sp³-hybridized carbons (Fsp3) is 0.278. The van der Waals surface area contributed by atoms with Gasteiger partial charge in [0.25, 0.3) is 0 Å². The van der Waals surface area contributed by atoms with Crippen molar-refractivity contribution in [1.82, 2.24) is 5.32 Å². The first-order valence-electron chi connectivity index (χ1n) is 7.25. The van der Waals surface area contributed by atoms with Crippen LogP contribution < -0.4 is 11.1 Å². The zero-order valence-corrected chi connectivity index (χ0v) is 12.6. The molecule has 3 nitrogen and oxygen atoms in total. The minimum Gasteiger partial charge on any atom is -0.399 e. The number of carbonyl (C=O) groups excluding carboxylic acids is 1. The molecule has 0 radical (unpaired) electrons. The summed E-state index contributed by atoms with van der Waals surface area (Å²) in [4.78, 5) is 12.0. The molecule has 0 aliphatic rings. The zero-order valence-electron chi connectivity index (χ0n) is 12.6. The number of nitrogen functional groups attached to an aromatic ring is 1. The fourth-order valence-electron chi connectivity index (χ4n) is 2.28. The van der Waals surface area contributed by atoms with Gasteiger partial charge in [0.15, 0.2) is 0 Å². The van der Waals surface area contributed by atoms with E-state index in [0.717, 1.165) is 23.2 Å². The van der Waals surface area contributed by atoms with E-state index in [4.69, 9.17) is 5.73 Å². The quantitative estimate of drug-likeness (QED) is 0.826. The van der Waals surface area contributed by atoms with E-state index in [1.807, 2.05) is 43.3 Å². The summed E-state index contributed by atoms with van der Waals surface area (Å²) in [6.45, 7) is 4.06. The molecule has 0 bridgehead atoms.